The molecular weight excluding hydrogens is 278 g/mol. The highest BCUT2D eigenvalue weighted by molar-refractivity contribution is 7.89. The van der Waals surface area contributed by atoms with E-state index < -0.39 is 10.0 Å². The van der Waals surface area contributed by atoms with Crippen LogP contribution in [0.5, 0.6) is 0 Å². The molecular formula is C13H23N3O3S. The number of nitrogens with one attached hydrogen (secondary N) is 1. The quantitative estimate of drug-likeness (QED) is 0.891. The first-order valence-corrected chi connectivity index (χ1v) is 8.73. The maximum Gasteiger partial charge on any atom is 0.211 e. The molecule has 0 saturated carbocycles. The highest BCUT2D eigenvalue weighted by Gasteiger charge is 2.27. The monoisotopic (exact) mass is 301 g/mol. The van der Waals surface area contributed by atoms with E-state index in [1.807, 2.05) is 6.92 Å². The van der Waals surface area contributed by atoms with Crippen LogP contribution in [-0.4, -0.2) is 43.2 Å². The zero-order valence-corrected chi connectivity index (χ0v) is 13.1. The van der Waals surface area contributed by atoms with Crippen LogP contribution in [0.4, 0.5) is 0 Å². The summed E-state index contributed by atoms with van der Waals surface area (Å²) in [6, 6.07) is 0.183. The molecule has 1 unspecified atom stereocenters. The van der Waals surface area contributed by atoms with Crippen molar-refractivity contribution in [3.05, 3.63) is 17.8 Å². The second-order valence-electron chi connectivity index (χ2n) is 5.32. The molecule has 1 aliphatic heterocycles. The van der Waals surface area contributed by atoms with E-state index in [-0.39, 0.29) is 17.8 Å². The van der Waals surface area contributed by atoms with E-state index in [4.69, 9.17) is 4.42 Å². The first kappa shape index (κ1) is 15.5. The molecule has 0 spiro atoms. The lowest BCUT2D eigenvalue weighted by atomic mass is 10.0. The molecule has 0 amide bonds. The standard InChI is InChI=1S/C13H23N3O3S/c1-4-20(17,18)15-12-5-7-16(8-6-12)11(3)13-14-9-10(2)19-13/h9,11-12,15H,4-8H2,1-3H3. The Bertz CT molecular complexity index is 533. The Labute approximate surface area is 120 Å². The lowest BCUT2D eigenvalue weighted by Gasteiger charge is -2.34. The minimum Gasteiger partial charge on any atom is -0.444 e. The average Bonchev–Trinajstić information content (AvgIpc) is 2.85. The van der Waals surface area contributed by atoms with Crippen LogP contribution in [0.3, 0.4) is 0 Å². The van der Waals surface area contributed by atoms with E-state index in [9.17, 15) is 8.42 Å². The summed E-state index contributed by atoms with van der Waals surface area (Å²) in [6.45, 7) is 7.31. The first-order chi connectivity index (χ1) is 9.41. The summed E-state index contributed by atoms with van der Waals surface area (Å²) in [5, 5.41) is 0. The number of aryl methyl sites for hydroxylation is 1. The summed E-state index contributed by atoms with van der Waals surface area (Å²) in [6.07, 6.45) is 3.38. The number of nitrogens with zero attached hydrogens (tertiary/aromatic N) is 2. The van der Waals surface area contributed by atoms with Gasteiger partial charge in [0.2, 0.25) is 15.9 Å². The van der Waals surface area contributed by atoms with E-state index in [0.29, 0.717) is 0 Å². The molecule has 6 nitrogen and oxygen atoms in total. The van der Waals surface area contributed by atoms with Gasteiger partial charge in [-0.05, 0) is 33.6 Å². The third-order valence-corrected chi connectivity index (χ3v) is 5.25. The van der Waals surface area contributed by atoms with Gasteiger partial charge in [-0.2, -0.15) is 0 Å². The Morgan fingerprint density at radius 1 is 1.50 bits per heavy atom. The van der Waals surface area contributed by atoms with Crippen LogP contribution in [0.15, 0.2) is 10.6 Å². The summed E-state index contributed by atoms with van der Waals surface area (Å²) in [7, 11) is -3.11. The van der Waals surface area contributed by atoms with Crippen LogP contribution in [0, 0.1) is 6.92 Å². The molecule has 7 heteroatoms. The Morgan fingerprint density at radius 2 is 2.15 bits per heavy atom. The van der Waals surface area contributed by atoms with E-state index in [2.05, 4.69) is 21.5 Å². The second kappa shape index (κ2) is 6.24. The number of aromatic nitrogens is 1. The normalized spacial score (nSPS) is 20.1. The second-order valence-corrected chi connectivity index (χ2v) is 7.36. The highest BCUT2D eigenvalue weighted by atomic mass is 32.2. The summed E-state index contributed by atoms with van der Waals surface area (Å²) >= 11 is 0. The number of sulfonamides is 1. The number of rotatable bonds is 5. The third kappa shape index (κ3) is 3.80. The zero-order chi connectivity index (χ0) is 14.8. The molecule has 1 aliphatic rings. The van der Waals surface area contributed by atoms with Crippen molar-refractivity contribution in [2.24, 2.45) is 0 Å². The van der Waals surface area contributed by atoms with Gasteiger partial charge in [-0.25, -0.2) is 18.1 Å². The molecule has 1 saturated heterocycles. The van der Waals surface area contributed by atoms with Crippen LogP contribution in [0.1, 0.15) is 44.4 Å². The maximum atomic E-state index is 11.6. The molecule has 1 fully saturated rings. The van der Waals surface area contributed by atoms with Crippen molar-refractivity contribution in [1.82, 2.24) is 14.6 Å². The number of piperidine rings is 1. The van der Waals surface area contributed by atoms with Gasteiger partial charge in [0.05, 0.1) is 18.0 Å². The number of hydrogen-bond acceptors (Lipinski definition) is 5. The number of likely N-dealkylation sites (tertiary alicyclic amines) is 1. The van der Waals surface area contributed by atoms with Crippen molar-refractivity contribution in [2.75, 3.05) is 18.8 Å². The fraction of sp³-hybridized carbons (Fsp3) is 0.769. The number of oxazole rings is 1. The Hall–Kier alpha value is -0.920. The minimum atomic E-state index is -3.11. The predicted octanol–water partition coefficient (Wildman–Crippen LogP) is 1.45. The first-order valence-electron chi connectivity index (χ1n) is 7.07. The van der Waals surface area contributed by atoms with Crippen LogP contribution in [-0.2, 0) is 10.0 Å². The van der Waals surface area contributed by atoms with E-state index in [0.717, 1.165) is 37.6 Å². The average molecular weight is 301 g/mol. The van der Waals surface area contributed by atoms with Gasteiger partial charge in [0.15, 0.2) is 0 Å². The van der Waals surface area contributed by atoms with Gasteiger partial charge in [0, 0.05) is 19.1 Å². The Morgan fingerprint density at radius 3 is 2.65 bits per heavy atom. The molecule has 20 heavy (non-hydrogen) atoms. The van der Waals surface area contributed by atoms with Crippen molar-refractivity contribution in [2.45, 2.75) is 45.7 Å². The fourth-order valence-electron chi connectivity index (χ4n) is 2.46. The summed E-state index contributed by atoms with van der Waals surface area (Å²) in [4.78, 5) is 6.54. The molecule has 1 aromatic rings. The van der Waals surface area contributed by atoms with Crippen LogP contribution < -0.4 is 4.72 Å². The van der Waals surface area contributed by atoms with Gasteiger partial charge in [-0.15, -0.1) is 0 Å². The summed E-state index contributed by atoms with van der Waals surface area (Å²) in [5.41, 5.74) is 0. The zero-order valence-electron chi connectivity index (χ0n) is 12.3. The van der Waals surface area contributed by atoms with E-state index in [1.54, 1.807) is 13.1 Å². The molecule has 1 aromatic heterocycles. The van der Waals surface area contributed by atoms with Gasteiger partial charge in [0.1, 0.15) is 5.76 Å². The van der Waals surface area contributed by atoms with E-state index in [1.165, 1.54) is 0 Å². The van der Waals surface area contributed by atoms with Gasteiger partial charge in [-0.3, -0.25) is 4.90 Å². The lowest BCUT2D eigenvalue weighted by Crippen LogP contribution is -2.45. The fourth-order valence-corrected chi connectivity index (χ4v) is 3.37. The van der Waals surface area contributed by atoms with E-state index >= 15 is 0 Å². The van der Waals surface area contributed by atoms with Gasteiger partial charge >= 0.3 is 0 Å². The molecule has 1 N–H and O–H groups in total. The lowest BCUT2D eigenvalue weighted by molar-refractivity contribution is 0.139. The van der Waals surface area contributed by atoms with Crippen molar-refractivity contribution >= 4 is 10.0 Å². The molecule has 114 valence electrons. The Kier molecular flexibility index (Phi) is 4.82. The van der Waals surface area contributed by atoms with Gasteiger partial charge in [0.25, 0.3) is 0 Å². The molecule has 1 atom stereocenters. The van der Waals surface area contributed by atoms with Crippen molar-refractivity contribution in [1.29, 1.82) is 0 Å². The smallest absolute Gasteiger partial charge is 0.211 e. The molecule has 2 rings (SSSR count). The molecule has 0 aliphatic carbocycles. The topological polar surface area (TPSA) is 75.4 Å². The van der Waals surface area contributed by atoms with Gasteiger partial charge in [-0.1, -0.05) is 0 Å². The number of hydrogen-bond donors (Lipinski definition) is 1. The summed E-state index contributed by atoms with van der Waals surface area (Å²) < 4.78 is 31.4. The predicted molar refractivity (Wildman–Crippen MR) is 76.8 cm³/mol. The van der Waals surface area contributed by atoms with Crippen molar-refractivity contribution in [3.8, 4) is 0 Å². The minimum absolute atomic E-state index is 0.0506. The molecule has 0 bridgehead atoms. The molecule has 0 aromatic carbocycles. The third-order valence-electron chi connectivity index (χ3n) is 3.80. The van der Waals surface area contributed by atoms with Crippen LogP contribution in [0.2, 0.25) is 0 Å². The van der Waals surface area contributed by atoms with Crippen LogP contribution >= 0.6 is 0 Å². The molecule has 2 heterocycles. The maximum absolute atomic E-state index is 11.6. The summed E-state index contributed by atoms with van der Waals surface area (Å²) in [5.74, 6) is 1.69. The highest BCUT2D eigenvalue weighted by Crippen LogP contribution is 2.24. The molecule has 0 radical (unpaired) electrons. The largest absolute Gasteiger partial charge is 0.444 e. The SMILES string of the molecule is CCS(=O)(=O)NC1CCN(C(C)c2ncc(C)o2)CC1. The van der Waals surface area contributed by atoms with Crippen molar-refractivity contribution in [3.63, 3.8) is 0 Å². The Balaban J connectivity index is 1.88. The van der Waals surface area contributed by atoms with Crippen LogP contribution in [0.25, 0.3) is 0 Å². The van der Waals surface area contributed by atoms with Crippen molar-refractivity contribution < 1.29 is 12.8 Å². The van der Waals surface area contributed by atoms with Gasteiger partial charge < -0.3 is 4.42 Å².